The molecule has 0 bridgehead atoms. The van der Waals surface area contributed by atoms with E-state index in [1.807, 2.05) is 31.2 Å². The van der Waals surface area contributed by atoms with E-state index in [0.717, 1.165) is 34.3 Å². The summed E-state index contributed by atoms with van der Waals surface area (Å²) in [5, 5.41) is 0. The van der Waals surface area contributed by atoms with Crippen LogP contribution in [0.2, 0.25) is 0 Å². The third kappa shape index (κ3) is 2.90. The van der Waals surface area contributed by atoms with Gasteiger partial charge in [-0.15, -0.1) is 0 Å². The zero-order chi connectivity index (χ0) is 16.6. The van der Waals surface area contributed by atoms with Crippen molar-refractivity contribution < 1.29 is 14.3 Å². The first-order valence-corrected chi connectivity index (χ1v) is 8.47. The van der Waals surface area contributed by atoms with Gasteiger partial charge in [-0.3, -0.25) is 14.6 Å². The number of allylic oxidation sites excluding steroid dienone is 2. The number of benzene rings is 1. The van der Waals surface area contributed by atoms with Gasteiger partial charge in [0.15, 0.2) is 5.78 Å². The van der Waals surface area contributed by atoms with Crippen LogP contribution in [0.3, 0.4) is 0 Å². The molecule has 0 amide bonds. The second-order valence-corrected chi connectivity index (χ2v) is 6.84. The van der Waals surface area contributed by atoms with Gasteiger partial charge in [-0.25, -0.2) is 0 Å². The largest absolute Gasteiger partial charge is 0.468 e. The van der Waals surface area contributed by atoms with Gasteiger partial charge in [0.2, 0.25) is 0 Å². The molecule has 0 saturated heterocycles. The fraction of sp³-hybridized carbons (Fsp3) is 0.389. The molecule has 0 N–H and O–H groups in total. The van der Waals surface area contributed by atoms with Crippen LogP contribution >= 0.6 is 15.9 Å². The Hall–Kier alpha value is -1.75. The molecular formula is C18H18BrNO3. The van der Waals surface area contributed by atoms with Crippen molar-refractivity contribution in [1.82, 2.24) is 0 Å². The molecule has 2 atom stereocenters. The minimum absolute atomic E-state index is 0.101. The Morgan fingerprint density at radius 3 is 2.61 bits per heavy atom. The number of hydrogen-bond acceptors (Lipinski definition) is 4. The summed E-state index contributed by atoms with van der Waals surface area (Å²) >= 11 is 3.43. The molecule has 1 unspecified atom stereocenters. The summed E-state index contributed by atoms with van der Waals surface area (Å²) in [6, 6.07) is 7.77. The van der Waals surface area contributed by atoms with Crippen LogP contribution in [-0.4, -0.2) is 24.6 Å². The van der Waals surface area contributed by atoms with E-state index in [-0.39, 0.29) is 17.7 Å². The number of ether oxygens (including phenoxy) is 1. The van der Waals surface area contributed by atoms with E-state index in [1.54, 1.807) is 0 Å². The van der Waals surface area contributed by atoms with E-state index in [9.17, 15) is 9.59 Å². The van der Waals surface area contributed by atoms with Crippen LogP contribution in [0.4, 0.5) is 0 Å². The fourth-order valence-corrected chi connectivity index (χ4v) is 3.73. The number of rotatable bonds is 2. The molecule has 1 aliphatic carbocycles. The quantitative estimate of drug-likeness (QED) is 0.738. The van der Waals surface area contributed by atoms with E-state index in [1.165, 1.54) is 7.11 Å². The van der Waals surface area contributed by atoms with E-state index in [0.29, 0.717) is 12.0 Å². The number of methoxy groups -OCH3 is 1. The molecule has 120 valence electrons. The zero-order valence-corrected chi connectivity index (χ0v) is 14.7. The standard InChI is InChI=1S/C18H18BrNO3/c1-10-15(18(22)23-2)16(11-6-8-12(19)9-7-11)17-13(20-10)4-3-5-14(17)21/h6-9,15-16H,3-5H2,1-2H3/t15?,16-/m1/s1. The van der Waals surface area contributed by atoms with Crippen LogP contribution in [0.15, 0.2) is 45.0 Å². The van der Waals surface area contributed by atoms with Crippen molar-refractivity contribution in [2.24, 2.45) is 10.9 Å². The molecule has 0 fully saturated rings. The SMILES string of the molecule is COC(=O)C1C(C)=NC2=C(C(=O)CCC2)[C@@H]1c1ccc(Br)cc1. The highest BCUT2D eigenvalue weighted by Crippen LogP contribution is 2.43. The van der Waals surface area contributed by atoms with E-state index >= 15 is 0 Å². The molecule has 1 aliphatic heterocycles. The highest BCUT2D eigenvalue weighted by molar-refractivity contribution is 9.10. The molecule has 0 radical (unpaired) electrons. The van der Waals surface area contributed by atoms with Crippen LogP contribution in [-0.2, 0) is 14.3 Å². The molecule has 2 aliphatic rings. The number of carbonyl (C=O) groups excluding carboxylic acids is 2. The van der Waals surface area contributed by atoms with E-state index in [4.69, 9.17) is 4.74 Å². The second-order valence-electron chi connectivity index (χ2n) is 5.92. The zero-order valence-electron chi connectivity index (χ0n) is 13.1. The molecule has 1 aromatic carbocycles. The Kier molecular flexibility index (Phi) is 4.48. The minimum atomic E-state index is -0.540. The highest BCUT2D eigenvalue weighted by atomic mass is 79.9. The van der Waals surface area contributed by atoms with Crippen LogP contribution in [0.25, 0.3) is 0 Å². The van der Waals surface area contributed by atoms with Crippen LogP contribution in [0, 0.1) is 5.92 Å². The Morgan fingerprint density at radius 1 is 1.26 bits per heavy atom. The third-order valence-corrected chi connectivity index (χ3v) is 5.05. The van der Waals surface area contributed by atoms with Gasteiger partial charge in [-0.2, -0.15) is 0 Å². The van der Waals surface area contributed by atoms with Crippen LogP contribution < -0.4 is 0 Å². The summed E-state index contributed by atoms with van der Waals surface area (Å²) in [6.07, 6.45) is 2.14. The summed E-state index contributed by atoms with van der Waals surface area (Å²) in [7, 11) is 1.38. The lowest BCUT2D eigenvalue weighted by molar-refractivity contribution is -0.143. The average molecular weight is 376 g/mol. The lowest BCUT2D eigenvalue weighted by Gasteiger charge is -2.34. The number of esters is 1. The molecule has 4 nitrogen and oxygen atoms in total. The van der Waals surface area contributed by atoms with Crippen LogP contribution in [0.1, 0.15) is 37.7 Å². The van der Waals surface area contributed by atoms with E-state index in [2.05, 4.69) is 20.9 Å². The number of nitrogens with zero attached hydrogens (tertiary/aromatic N) is 1. The lowest BCUT2D eigenvalue weighted by atomic mass is 9.72. The molecule has 3 rings (SSSR count). The molecule has 0 spiro atoms. The molecule has 5 heteroatoms. The van der Waals surface area contributed by atoms with Crippen molar-refractivity contribution in [3.8, 4) is 0 Å². The topological polar surface area (TPSA) is 55.7 Å². The molecule has 0 saturated carbocycles. The molecule has 1 heterocycles. The number of carbonyl (C=O) groups is 2. The third-order valence-electron chi connectivity index (χ3n) is 4.52. The predicted molar refractivity (Wildman–Crippen MR) is 91.4 cm³/mol. The first-order valence-electron chi connectivity index (χ1n) is 7.67. The minimum Gasteiger partial charge on any atom is -0.468 e. The molecule has 23 heavy (non-hydrogen) atoms. The first kappa shape index (κ1) is 16.1. The highest BCUT2D eigenvalue weighted by Gasteiger charge is 2.42. The predicted octanol–water partition coefficient (Wildman–Crippen LogP) is 3.80. The summed E-state index contributed by atoms with van der Waals surface area (Å²) < 4.78 is 5.95. The van der Waals surface area contributed by atoms with Gasteiger partial charge < -0.3 is 4.74 Å². The Balaban J connectivity index is 2.17. The average Bonchev–Trinajstić information content (AvgIpc) is 2.54. The van der Waals surface area contributed by atoms with Crippen molar-refractivity contribution >= 4 is 33.4 Å². The Morgan fingerprint density at radius 2 is 1.96 bits per heavy atom. The summed E-state index contributed by atoms with van der Waals surface area (Å²) in [4.78, 5) is 29.5. The number of hydrogen-bond donors (Lipinski definition) is 0. The van der Waals surface area contributed by atoms with E-state index < -0.39 is 5.92 Å². The monoisotopic (exact) mass is 375 g/mol. The van der Waals surface area contributed by atoms with Crippen molar-refractivity contribution in [3.05, 3.63) is 45.6 Å². The smallest absolute Gasteiger partial charge is 0.315 e. The summed E-state index contributed by atoms with van der Waals surface area (Å²) in [5.74, 6) is -1.09. The van der Waals surface area contributed by atoms with Crippen molar-refractivity contribution in [2.45, 2.75) is 32.1 Å². The second kappa shape index (κ2) is 6.40. The normalized spacial score (nSPS) is 24.1. The molecular weight excluding hydrogens is 358 g/mol. The lowest BCUT2D eigenvalue weighted by Crippen LogP contribution is -2.36. The summed E-state index contributed by atoms with van der Waals surface area (Å²) in [5.41, 5.74) is 3.20. The number of halogens is 1. The summed E-state index contributed by atoms with van der Waals surface area (Å²) in [6.45, 7) is 1.84. The van der Waals surface area contributed by atoms with Gasteiger partial charge in [0, 0.05) is 33.8 Å². The number of ketones is 1. The number of Topliss-reactive ketones (excluding diaryl/α,β-unsaturated/α-hetero) is 1. The first-order chi connectivity index (χ1) is 11.0. The number of aliphatic imine (C=N–C) groups is 1. The van der Waals surface area contributed by atoms with Crippen LogP contribution in [0.5, 0.6) is 0 Å². The van der Waals surface area contributed by atoms with Gasteiger partial charge >= 0.3 is 5.97 Å². The maximum Gasteiger partial charge on any atom is 0.315 e. The van der Waals surface area contributed by atoms with Crippen molar-refractivity contribution in [2.75, 3.05) is 7.11 Å². The maximum absolute atomic E-state index is 12.6. The van der Waals surface area contributed by atoms with Gasteiger partial charge in [-0.05, 0) is 37.5 Å². The van der Waals surface area contributed by atoms with Gasteiger partial charge in [-0.1, -0.05) is 28.1 Å². The molecule has 1 aromatic rings. The fourth-order valence-electron chi connectivity index (χ4n) is 3.47. The Bertz CT molecular complexity index is 718. The molecule has 0 aromatic heterocycles. The van der Waals surface area contributed by atoms with Gasteiger partial charge in [0.05, 0.1) is 7.11 Å². The van der Waals surface area contributed by atoms with Crippen molar-refractivity contribution in [1.29, 1.82) is 0 Å². The maximum atomic E-state index is 12.6. The van der Waals surface area contributed by atoms with Gasteiger partial charge in [0.25, 0.3) is 0 Å². The van der Waals surface area contributed by atoms with Gasteiger partial charge in [0.1, 0.15) is 5.92 Å². The Labute approximate surface area is 143 Å². The van der Waals surface area contributed by atoms with Crippen molar-refractivity contribution in [3.63, 3.8) is 0 Å².